The summed E-state index contributed by atoms with van der Waals surface area (Å²) in [6.45, 7) is 2.64. The topological polar surface area (TPSA) is 53.0 Å². The van der Waals surface area contributed by atoms with Crippen molar-refractivity contribution in [1.82, 2.24) is 9.80 Å². The normalized spacial score (nSPS) is 19.9. The molecule has 0 aromatic heterocycles. The Morgan fingerprint density at radius 1 is 1.35 bits per heavy atom. The molecular weight excluding hydrogens is 256 g/mol. The monoisotopic (exact) mass is 278 g/mol. The molecule has 0 spiro atoms. The van der Waals surface area contributed by atoms with Crippen molar-refractivity contribution in [3.63, 3.8) is 0 Å². The number of piperazine rings is 1. The number of carbonyl (C=O) groups is 1. The summed E-state index contributed by atoms with van der Waals surface area (Å²) < 4.78 is 5.37. The van der Waals surface area contributed by atoms with Gasteiger partial charge in [-0.1, -0.05) is 30.3 Å². The summed E-state index contributed by atoms with van der Waals surface area (Å²) in [5.41, 5.74) is 0.980. The van der Waals surface area contributed by atoms with Gasteiger partial charge in [0.05, 0.1) is 0 Å². The Morgan fingerprint density at radius 2 is 2.10 bits per heavy atom. The second kappa shape index (κ2) is 7.26. The lowest BCUT2D eigenvalue weighted by molar-refractivity contribution is 0.0419. The summed E-state index contributed by atoms with van der Waals surface area (Å²) in [5, 5.41) is 9.11. The van der Waals surface area contributed by atoms with Crippen LogP contribution in [-0.2, 0) is 11.3 Å². The number of aliphatic hydroxyl groups excluding tert-OH is 1. The first-order valence-electron chi connectivity index (χ1n) is 6.97. The average Bonchev–Trinajstić information content (AvgIpc) is 2.46. The fourth-order valence-electron chi connectivity index (χ4n) is 2.45. The van der Waals surface area contributed by atoms with Crippen molar-refractivity contribution in [2.45, 2.75) is 19.1 Å². The third-order valence-electron chi connectivity index (χ3n) is 3.59. The number of likely N-dealkylation sites (N-methyl/N-ethyl adjacent to an activating group) is 1. The Bertz CT molecular complexity index is 424. The average molecular weight is 278 g/mol. The molecule has 1 aliphatic heterocycles. The van der Waals surface area contributed by atoms with E-state index in [0.29, 0.717) is 13.0 Å². The summed E-state index contributed by atoms with van der Waals surface area (Å²) in [7, 11) is 2.02. The lowest BCUT2D eigenvalue weighted by atomic mass is 10.1. The molecule has 0 saturated carbocycles. The molecule has 0 bridgehead atoms. The zero-order valence-corrected chi connectivity index (χ0v) is 11.9. The molecular formula is C15H22N2O3. The standard InChI is InChI=1S/C15H22N2O3/c1-16-8-9-17(14(11-16)7-10-18)15(19)20-12-13-5-3-2-4-6-13/h2-6,14,18H,7-12H2,1H3. The molecule has 0 radical (unpaired) electrons. The third kappa shape index (κ3) is 3.95. The van der Waals surface area contributed by atoms with Crippen LogP contribution < -0.4 is 0 Å². The highest BCUT2D eigenvalue weighted by molar-refractivity contribution is 5.68. The van der Waals surface area contributed by atoms with Crippen molar-refractivity contribution in [3.8, 4) is 0 Å². The van der Waals surface area contributed by atoms with E-state index >= 15 is 0 Å². The molecule has 5 heteroatoms. The van der Waals surface area contributed by atoms with E-state index in [1.54, 1.807) is 4.90 Å². The smallest absolute Gasteiger partial charge is 0.410 e. The summed E-state index contributed by atoms with van der Waals surface area (Å²) in [4.78, 5) is 16.1. The number of rotatable bonds is 4. The largest absolute Gasteiger partial charge is 0.445 e. The van der Waals surface area contributed by atoms with Crippen LogP contribution in [0.4, 0.5) is 4.79 Å². The first-order chi connectivity index (χ1) is 9.70. The van der Waals surface area contributed by atoms with Gasteiger partial charge in [-0.3, -0.25) is 0 Å². The van der Waals surface area contributed by atoms with Crippen LogP contribution in [0.15, 0.2) is 30.3 Å². The molecule has 1 atom stereocenters. The van der Waals surface area contributed by atoms with E-state index in [0.717, 1.165) is 18.7 Å². The Kier molecular flexibility index (Phi) is 5.38. The molecule has 1 heterocycles. The van der Waals surface area contributed by atoms with E-state index < -0.39 is 0 Å². The second-order valence-electron chi connectivity index (χ2n) is 5.16. The van der Waals surface area contributed by atoms with E-state index in [-0.39, 0.29) is 25.3 Å². The lowest BCUT2D eigenvalue weighted by Gasteiger charge is -2.39. The van der Waals surface area contributed by atoms with Crippen LogP contribution >= 0.6 is 0 Å². The highest BCUT2D eigenvalue weighted by Crippen LogP contribution is 2.14. The van der Waals surface area contributed by atoms with Gasteiger partial charge >= 0.3 is 6.09 Å². The van der Waals surface area contributed by atoms with E-state index in [9.17, 15) is 4.79 Å². The molecule has 1 aliphatic rings. The molecule has 1 saturated heterocycles. The number of benzene rings is 1. The maximum atomic E-state index is 12.2. The van der Waals surface area contributed by atoms with Gasteiger partial charge in [-0.25, -0.2) is 4.79 Å². The number of aliphatic hydroxyl groups is 1. The van der Waals surface area contributed by atoms with Crippen LogP contribution in [0.2, 0.25) is 0 Å². The Balaban J connectivity index is 1.89. The number of ether oxygens (including phenoxy) is 1. The molecule has 1 amide bonds. The molecule has 1 aromatic rings. The zero-order chi connectivity index (χ0) is 14.4. The van der Waals surface area contributed by atoms with Crippen LogP contribution in [0.5, 0.6) is 0 Å². The van der Waals surface area contributed by atoms with Crippen LogP contribution in [0.25, 0.3) is 0 Å². The zero-order valence-electron chi connectivity index (χ0n) is 11.9. The number of amides is 1. The van der Waals surface area contributed by atoms with Crippen molar-refractivity contribution in [1.29, 1.82) is 0 Å². The van der Waals surface area contributed by atoms with Gasteiger partial charge in [0.2, 0.25) is 0 Å². The summed E-state index contributed by atoms with van der Waals surface area (Å²) in [6.07, 6.45) is 0.297. The first kappa shape index (κ1) is 14.8. The summed E-state index contributed by atoms with van der Waals surface area (Å²) in [6, 6.07) is 9.68. The summed E-state index contributed by atoms with van der Waals surface area (Å²) in [5.74, 6) is 0. The van der Waals surface area contributed by atoms with Gasteiger partial charge in [0.15, 0.2) is 0 Å². The second-order valence-corrected chi connectivity index (χ2v) is 5.16. The Morgan fingerprint density at radius 3 is 2.80 bits per heavy atom. The van der Waals surface area contributed by atoms with E-state index in [1.165, 1.54) is 0 Å². The molecule has 5 nitrogen and oxygen atoms in total. The Labute approximate surface area is 119 Å². The van der Waals surface area contributed by atoms with Gasteiger partial charge in [-0.2, -0.15) is 0 Å². The predicted molar refractivity (Wildman–Crippen MR) is 76.3 cm³/mol. The fraction of sp³-hybridized carbons (Fsp3) is 0.533. The maximum absolute atomic E-state index is 12.2. The van der Waals surface area contributed by atoms with E-state index in [2.05, 4.69) is 4.90 Å². The molecule has 1 aromatic carbocycles. The highest BCUT2D eigenvalue weighted by atomic mass is 16.6. The fourth-order valence-corrected chi connectivity index (χ4v) is 2.45. The third-order valence-corrected chi connectivity index (χ3v) is 3.59. The highest BCUT2D eigenvalue weighted by Gasteiger charge is 2.29. The molecule has 1 fully saturated rings. The van der Waals surface area contributed by atoms with E-state index in [1.807, 2.05) is 37.4 Å². The first-order valence-corrected chi connectivity index (χ1v) is 6.97. The quantitative estimate of drug-likeness (QED) is 0.902. The molecule has 1 N–H and O–H groups in total. The number of hydrogen-bond acceptors (Lipinski definition) is 4. The van der Waals surface area contributed by atoms with E-state index in [4.69, 9.17) is 9.84 Å². The van der Waals surface area contributed by atoms with Crippen LogP contribution in [-0.4, -0.2) is 60.3 Å². The van der Waals surface area contributed by atoms with Crippen LogP contribution in [0.3, 0.4) is 0 Å². The van der Waals surface area contributed by atoms with Crippen molar-refractivity contribution in [2.75, 3.05) is 33.3 Å². The summed E-state index contributed by atoms with van der Waals surface area (Å²) >= 11 is 0. The Hall–Kier alpha value is -1.59. The minimum absolute atomic E-state index is 0.0297. The molecule has 1 unspecified atom stereocenters. The van der Waals surface area contributed by atoms with Gasteiger partial charge in [-0.15, -0.1) is 0 Å². The van der Waals surface area contributed by atoms with Crippen molar-refractivity contribution >= 4 is 6.09 Å². The van der Waals surface area contributed by atoms with Gasteiger partial charge in [0.1, 0.15) is 6.61 Å². The van der Waals surface area contributed by atoms with Gasteiger partial charge in [0, 0.05) is 32.3 Å². The van der Waals surface area contributed by atoms with Gasteiger partial charge < -0.3 is 19.6 Å². The van der Waals surface area contributed by atoms with Crippen molar-refractivity contribution in [2.24, 2.45) is 0 Å². The van der Waals surface area contributed by atoms with Gasteiger partial charge in [0.25, 0.3) is 0 Å². The molecule has 0 aliphatic carbocycles. The SMILES string of the molecule is CN1CCN(C(=O)OCc2ccccc2)C(CCO)C1. The number of hydrogen-bond donors (Lipinski definition) is 1. The van der Waals surface area contributed by atoms with Crippen molar-refractivity contribution in [3.05, 3.63) is 35.9 Å². The maximum Gasteiger partial charge on any atom is 0.410 e. The van der Waals surface area contributed by atoms with Crippen molar-refractivity contribution < 1.29 is 14.6 Å². The molecule has 2 rings (SSSR count). The van der Waals surface area contributed by atoms with Gasteiger partial charge in [-0.05, 0) is 19.0 Å². The van der Waals surface area contributed by atoms with Crippen LogP contribution in [0.1, 0.15) is 12.0 Å². The molecule has 110 valence electrons. The molecule has 20 heavy (non-hydrogen) atoms. The minimum atomic E-state index is -0.291. The number of nitrogens with zero attached hydrogens (tertiary/aromatic N) is 2. The lowest BCUT2D eigenvalue weighted by Crippen LogP contribution is -2.54. The minimum Gasteiger partial charge on any atom is -0.445 e. The predicted octanol–water partition coefficient (Wildman–Crippen LogP) is 1.32. The number of carbonyl (C=O) groups excluding carboxylic acids is 1. The van der Waals surface area contributed by atoms with Crippen LogP contribution in [0, 0.1) is 0 Å².